The minimum absolute atomic E-state index is 0.161. The maximum absolute atomic E-state index is 12.0. The average Bonchev–Trinajstić information content (AvgIpc) is 2.62. The maximum Gasteiger partial charge on any atom is 0.271 e. The number of para-hydroxylation sites is 1. The number of ether oxygens (including phenoxy) is 1. The van der Waals surface area contributed by atoms with Crippen molar-refractivity contribution in [2.75, 3.05) is 46.4 Å². The molecule has 0 spiro atoms. The van der Waals surface area contributed by atoms with Crippen LogP contribution in [0.25, 0.3) is 5.69 Å². The monoisotopic (exact) mass is 328 g/mol. The van der Waals surface area contributed by atoms with Gasteiger partial charge in [0.15, 0.2) is 0 Å². The summed E-state index contributed by atoms with van der Waals surface area (Å²) in [7, 11) is 2.16. The second-order valence-electron chi connectivity index (χ2n) is 6.10. The van der Waals surface area contributed by atoms with E-state index in [0.29, 0.717) is 12.5 Å². The maximum atomic E-state index is 12.0. The van der Waals surface area contributed by atoms with Gasteiger partial charge in [0.2, 0.25) is 5.88 Å². The number of nitrogens with zero attached hydrogens (tertiary/aromatic N) is 4. The molecule has 1 aromatic carbocycles. The Morgan fingerprint density at radius 3 is 2.54 bits per heavy atom. The highest BCUT2D eigenvalue weighted by Gasteiger charge is 2.13. The molecule has 0 bridgehead atoms. The molecule has 0 atom stereocenters. The lowest BCUT2D eigenvalue weighted by atomic mass is 10.3. The van der Waals surface area contributed by atoms with Gasteiger partial charge in [0.25, 0.3) is 5.56 Å². The van der Waals surface area contributed by atoms with Crippen molar-refractivity contribution in [2.24, 2.45) is 0 Å². The molecule has 0 amide bonds. The van der Waals surface area contributed by atoms with E-state index in [1.54, 1.807) is 6.07 Å². The van der Waals surface area contributed by atoms with E-state index in [4.69, 9.17) is 4.74 Å². The first-order chi connectivity index (χ1) is 11.7. The predicted molar refractivity (Wildman–Crippen MR) is 93.9 cm³/mol. The normalized spacial score (nSPS) is 16.2. The Kier molecular flexibility index (Phi) is 5.61. The van der Waals surface area contributed by atoms with E-state index < -0.39 is 0 Å². The highest BCUT2D eigenvalue weighted by molar-refractivity contribution is 5.30. The largest absolute Gasteiger partial charge is 0.477 e. The summed E-state index contributed by atoms with van der Waals surface area (Å²) >= 11 is 0. The van der Waals surface area contributed by atoms with Gasteiger partial charge in [-0.25, -0.2) is 0 Å². The van der Waals surface area contributed by atoms with Gasteiger partial charge in [0, 0.05) is 44.9 Å². The molecule has 0 radical (unpaired) electrons. The first-order valence-corrected chi connectivity index (χ1v) is 8.42. The summed E-state index contributed by atoms with van der Waals surface area (Å²) in [5.41, 5.74) is 0.580. The summed E-state index contributed by atoms with van der Waals surface area (Å²) in [5.74, 6) is 0.483. The van der Waals surface area contributed by atoms with Crippen LogP contribution in [0, 0.1) is 0 Å². The quantitative estimate of drug-likeness (QED) is 0.747. The highest BCUT2D eigenvalue weighted by Crippen LogP contribution is 2.08. The number of benzene rings is 1. The van der Waals surface area contributed by atoms with Crippen LogP contribution in [0.1, 0.15) is 6.42 Å². The molecule has 1 aliphatic heterocycles. The number of likely N-dealkylation sites (N-methyl/N-ethyl adjacent to an activating group) is 1. The van der Waals surface area contributed by atoms with Crippen LogP contribution < -0.4 is 10.3 Å². The molecule has 0 aliphatic carbocycles. The van der Waals surface area contributed by atoms with Gasteiger partial charge in [-0.1, -0.05) is 18.2 Å². The van der Waals surface area contributed by atoms with Crippen LogP contribution >= 0.6 is 0 Å². The van der Waals surface area contributed by atoms with Crippen molar-refractivity contribution in [1.29, 1.82) is 0 Å². The summed E-state index contributed by atoms with van der Waals surface area (Å²) in [6, 6.07) is 12.5. The second kappa shape index (κ2) is 8.08. The lowest BCUT2D eigenvalue weighted by molar-refractivity contribution is 0.145. The molecule has 128 valence electrons. The molecule has 1 fully saturated rings. The minimum atomic E-state index is -0.161. The summed E-state index contributed by atoms with van der Waals surface area (Å²) in [5, 5.41) is 4.30. The molecule has 6 nitrogen and oxygen atoms in total. The Hall–Kier alpha value is -2.18. The fourth-order valence-corrected chi connectivity index (χ4v) is 2.76. The van der Waals surface area contributed by atoms with Crippen LogP contribution in [0.3, 0.4) is 0 Å². The van der Waals surface area contributed by atoms with Crippen molar-refractivity contribution in [3.8, 4) is 11.6 Å². The summed E-state index contributed by atoms with van der Waals surface area (Å²) in [4.78, 5) is 16.8. The van der Waals surface area contributed by atoms with Crippen LogP contribution in [0.15, 0.2) is 47.3 Å². The topological polar surface area (TPSA) is 50.6 Å². The molecular formula is C18H24N4O2. The van der Waals surface area contributed by atoms with E-state index in [0.717, 1.165) is 44.8 Å². The lowest BCUT2D eigenvalue weighted by Crippen LogP contribution is -2.44. The number of rotatable bonds is 6. The van der Waals surface area contributed by atoms with E-state index in [2.05, 4.69) is 21.9 Å². The Morgan fingerprint density at radius 1 is 1.04 bits per heavy atom. The molecule has 1 aromatic heterocycles. The van der Waals surface area contributed by atoms with Crippen molar-refractivity contribution >= 4 is 0 Å². The Labute approximate surface area is 142 Å². The zero-order valence-corrected chi connectivity index (χ0v) is 14.1. The number of aromatic nitrogens is 2. The molecule has 3 rings (SSSR count). The molecule has 6 heteroatoms. The SMILES string of the molecule is CN1CCN(CCCOc2ccc(=O)n(-c3ccccc3)n2)CC1. The molecule has 24 heavy (non-hydrogen) atoms. The van der Waals surface area contributed by atoms with E-state index in [1.807, 2.05) is 30.3 Å². The van der Waals surface area contributed by atoms with Crippen molar-refractivity contribution in [3.05, 3.63) is 52.8 Å². The van der Waals surface area contributed by atoms with Gasteiger partial charge >= 0.3 is 0 Å². The van der Waals surface area contributed by atoms with Crippen LogP contribution in [0.5, 0.6) is 5.88 Å². The molecule has 2 aromatic rings. The molecule has 0 unspecified atom stereocenters. The van der Waals surface area contributed by atoms with Gasteiger partial charge in [-0.05, 0) is 25.6 Å². The fraction of sp³-hybridized carbons (Fsp3) is 0.444. The van der Waals surface area contributed by atoms with Gasteiger partial charge < -0.3 is 14.5 Å². The predicted octanol–water partition coefficient (Wildman–Crippen LogP) is 1.25. The first-order valence-electron chi connectivity index (χ1n) is 8.42. The van der Waals surface area contributed by atoms with Crippen molar-refractivity contribution in [2.45, 2.75) is 6.42 Å². The van der Waals surface area contributed by atoms with E-state index in [9.17, 15) is 4.79 Å². The summed E-state index contributed by atoms with van der Waals surface area (Å²) in [6.45, 7) is 6.13. The minimum Gasteiger partial charge on any atom is -0.477 e. The molecule has 1 aliphatic rings. The number of piperazine rings is 1. The van der Waals surface area contributed by atoms with E-state index in [1.165, 1.54) is 10.7 Å². The number of hydrogen-bond acceptors (Lipinski definition) is 5. The third kappa shape index (κ3) is 4.43. The molecular weight excluding hydrogens is 304 g/mol. The zero-order chi connectivity index (χ0) is 16.8. The van der Waals surface area contributed by atoms with Gasteiger partial charge in [-0.15, -0.1) is 5.10 Å². The molecule has 1 saturated heterocycles. The molecule has 2 heterocycles. The highest BCUT2D eigenvalue weighted by atomic mass is 16.5. The van der Waals surface area contributed by atoms with Crippen LogP contribution in [0.4, 0.5) is 0 Å². The Bertz CT molecular complexity index is 694. The second-order valence-corrected chi connectivity index (χ2v) is 6.10. The third-order valence-electron chi connectivity index (χ3n) is 4.24. The zero-order valence-electron chi connectivity index (χ0n) is 14.1. The Balaban J connectivity index is 1.52. The first kappa shape index (κ1) is 16.7. The van der Waals surface area contributed by atoms with Crippen molar-refractivity contribution < 1.29 is 4.74 Å². The van der Waals surface area contributed by atoms with Crippen LogP contribution in [-0.4, -0.2) is 66.0 Å². The van der Waals surface area contributed by atoms with Crippen molar-refractivity contribution in [3.63, 3.8) is 0 Å². The summed E-state index contributed by atoms with van der Waals surface area (Å²) in [6.07, 6.45) is 0.954. The fourth-order valence-electron chi connectivity index (χ4n) is 2.76. The summed E-state index contributed by atoms with van der Waals surface area (Å²) < 4.78 is 7.10. The van der Waals surface area contributed by atoms with Crippen LogP contribution in [0.2, 0.25) is 0 Å². The smallest absolute Gasteiger partial charge is 0.271 e. The van der Waals surface area contributed by atoms with Gasteiger partial charge in [0.1, 0.15) is 0 Å². The lowest BCUT2D eigenvalue weighted by Gasteiger charge is -2.32. The third-order valence-corrected chi connectivity index (χ3v) is 4.24. The van der Waals surface area contributed by atoms with Gasteiger partial charge in [-0.2, -0.15) is 4.68 Å². The van der Waals surface area contributed by atoms with E-state index >= 15 is 0 Å². The average molecular weight is 328 g/mol. The van der Waals surface area contributed by atoms with Gasteiger partial charge in [0.05, 0.1) is 12.3 Å². The van der Waals surface area contributed by atoms with Crippen LogP contribution in [-0.2, 0) is 0 Å². The Morgan fingerprint density at radius 2 is 1.79 bits per heavy atom. The molecule has 0 saturated carbocycles. The number of hydrogen-bond donors (Lipinski definition) is 0. The van der Waals surface area contributed by atoms with E-state index in [-0.39, 0.29) is 5.56 Å². The molecule has 0 N–H and O–H groups in total. The van der Waals surface area contributed by atoms with Gasteiger partial charge in [-0.3, -0.25) is 4.79 Å². The van der Waals surface area contributed by atoms with Crippen molar-refractivity contribution in [1.82, 2.24) is 19.6 Å². The standard InChI is InChI=1S/C18H24N4O2/c1-20-11-13-21(14-12-20)10-5-15-24-17-8-9-18(23)22(19-17)16-6-3-2-4-7-16/h2-4,6-9H,5,10-15H2,1H3.